The smallest absolute Gasteiger partial charge is 0.261 e. The maximum atomic E-state index is 12.4. The molecule has 0 unspecified atom stereocenters. The van der Waals surface area contributed by atoms with Crippen LogP contribution in [0, 0.1) is 0 Å². The van der Waals surface area contributed by atoms with E-state index in [4.69, 9.17) is 27.9 Å². The second-order valence-corrected chi connectivity index (χ2v) is 8.44. The van der Waals surface area contributed by atoms with Gasteiger partial charge < -0.3 is 4.74 Å². The number of aromatic nitrogens is 3. The van der Waals surface area contributed by atoms with Crippen LogP contribution in [-0.2, 0) is 10.0 Å². The van der Waals surface area contributed by atoms with Crippen molar-refractivity contribution >= 4 is 49.8 Å². The highest BCUT2D eigenvalue weighted by Gasteiger charge is 2.14. The lowest BCUT2D eigenvalue weighted by atomic mass is 10.2. The average molecular weight is 447 g/mol. The van der Waals surface area contributed by atoms with Crippen molar-refractivity contribution in [2.24, 2.45) is 0 Å². The molecule has 0 fully saturated rings. The van der Waals surface area contributed by atoms with Gasteiger partial charge in [0, 0.05) is 16.1 Å². The summed E-state index contributed by atoms with van der Waals surface area (Å²) in [5, 5.41) is 1.68. The third-order valence-corrected chi connectivity index (χ3v) is 5.76. The number of anilines is 1. The Kier molecular flexibility index (Phi) is 5.23. The number of sulfonamides is 1. The standard InChI is InChI=1S/C19H12Cl2N4O3S/c20-12-1-5-15(6-2-12)29(26,27)25-14-4-8-18(22-10-14)28-19-16-7-3-13(21)9-17(16)23-11-24-19/h1-11,25H. The Morgan fingerprint density at radius 1 is 0.862 bits per heavy atom. The number of nitrogens with zero attached hydrogens (tertiary/aromatic N) is 3. The second-order valence-electron chi connectivity index (χ2n) is 5.89. The molecule has 4 aromatic rings. The molecule has 0 aliphatic heterocycles. The zero-order valence-electron chi connectivity index (χ0n) is 14.6. The molecule has 0 amide bonds. The minimum Gasteiger partial charge on any atom is -0.420 e. The Balaban J connectivity index is 1.53. The first-order valence-electron chi connectivity index (χ1n) is 8.23. The number of ether oxygens (including phenoxy) is 1. The number of fused-ring (bicyclic) bond motifs is 1. The van der Waals surface area contributed by atoms with Crippen LogP contribution in [-0.4, -0.2) is 23.4 Å². The lowest BCUT2D eigenvalue weighted by Gasteiger charge is -2.09. The molecule has 1 N–H and O–H groups in total. The van der Waals surface area contributed by atoms with Crippen LogP contribution in [0.5, 0.6) is 11.8 Å². The van der Waals surface area contributed by atoms with Crippen molar-refractivity contribution in [3.8, 4) is 11.8 Å². The molecular formula is C19H12Cl2N4O3S. The third-order valence-electron chi connectivity index (χ3n) is 3.88. The van der Waals surface area contributed by atoms with E-state index in [-0.39, 0.29) is 16.5 Å². The van der Waals surface area contributed by atoms with Gasteiger partial charge in [0.15, 0.2) is 0 Å². The van der Waals surface area contributed by atoms with Gasteiger partial charge in [-0.1, -0.05) is 23.2 Å². The van der Waals surface area contributed by atoms with Crippen molar-refractivity contribution in [1.29, 1.82) is 0 Å². The van der Waals surface area contributed by atoms with Crippen LogP contribution < -0.4 is 9.46 Å². The molecule has 2 aromatic carbocycles. The van der Waals surface area contributed by atoms with Gasteiger partial charge >= 0.3 is 0 Å². The Hall–Kier alpha value is -2.94. The predicted octanol–water partition coefficient (Wildman–Crippen LogP) is 4.92. The number of halogens is 2. The maximum Gasteiger partial charge on any atom is 0.261 e. The predicted molar refractivity (Wildman–Crippen MR) is 111 cm³/mol. The fraction of sp³-hybridized carbons (Fsp3) is 0. The lowest BCUT2D eigenvalue weighted by Crippen LogP contribution is -2.12. The molecule has 0 saturated heterocycles. The number of benzene rings is 2. The van der Waals surface area contributed by atoms with Gasteiger partial charge in [0.1, 0.15) is 6.33 Å². The molecule has 7 nitrogen and oxygen atoms in total. The van der Waals surface area contributed by atoms with Crippen molar-refractivity contribution in [2.75, 3.05) is 4.72 Å². The van der Waals surface area contributed by atoms with Crippen LogP contribution in [0.3, 0.4) is 0 Å². The first-order valence-corrected chi connectivity index (χ1v) is 10.5. The van der Waals surface area contributed by atoms with Crippen molar-refractivity contribution in [2.45, 2.75) is 4.90 Å². The summed E-state index contributed by atoms with van der Waals surface area (Å²) in [6.07, 6.45) is 2.71. The van der Waals surface area contributed by atoms with Crippen LogP contribution >= 0.6 is 23.2 Å². The summed E-state index contributed by atoms with van der Waals surface area (Å²) in [6, 6.07) is 14.1. The summed E-state index contributed by atoms with van der Waals surface area (Å²) < 4.78 is 33.0. The molecule has 2 aromatic heterocycles. The molecule has 0 radical (unpaired) electrons. The summed E-state index contributed by atoms with van der Waals surface area (Å²) in [4.78, 5) is 12.5. The number of hydrogen-bond acceptors (Lipinski definition) is 6. The van der Waals surface area contributed by atoms with Gasteiger partial charge in [0.2, 0.25) is 11.8 Å². The molecule has 2 heterocycles. The van der Waals surface area contributed by atoms with Crippen molar-refractivity contribution in [3.63, 3.8) is 0 Å². The molecule has 29 heavy (non-hydrogen) atoms. The number of rotatable bonds is 5. The lowest BCUT2D eigenvalue weighted by molar-refractivity contribution is 0.450. The number of nitrogens with one attached hydrogen (secondary N) is 1. The van der Waals surface area contributed by atoms with E-state index in [0.29, 0.717) is 26.8 Å². The molecule has 0 aliphatic rings. The quantitative estimate of drug-likeness (QED) is 0.467. The first-order chi connectivity index (χ1) is 13.9. The number of hydrogen-bond donors (Lipinski definition) is 1. The summed E-state index contributed by atoms with van der Waals surface area (Å²) in [5.41, 5.74) is 0.918. The highest BCUT2D eigenvalue weighted by atomic mass is 35.5. The minimum atomic E-state index is -3.76. The van der Waals surface area contributed by atoms with Crippen LogP contribution in [0.15, 0.2) is 72.0 Å². The molecule has 146 valence electrons. The van der Waals surface area contributed by atoms with E-state index in [0.717, 1.165) is 0 Å². The zero-order chi connectivity index (χ0) is 20.4. The Morgan fingerprint density at radius 2 is 1.62 bits per heavy atom. The van der Waals surface area contributed by atoms with Gasteiger partial charge in [-0.15, -0.1) is 0 Å². The Morgan fingerprint density at radius 3 is 2.34 bits per heavy atom. The van der Waals surface area contributed by atoms with E-state index < -0.39 is 10.0 Å². The fourth-order valence-electron chi connectivity index (χ4n) is 2.51. The van der Waals surface area contributed by atoms with E-state index in [9.17, 15) is 8.42 Å². The van der Waals surface area contributed by atoms with Gasteiger partial charge in [-0.25, -0.2) is 23.4 Å². The summed E-state index contributed by atoms with van der Waals surface area (Å²) in [7, 11) is -3.76. The summed E-state index contributed by atoms with van der Waals surface area (Å²) >= 11 is 11.8. The summed E-state index contributed by atoms with van der Waals surface area (Å²) in [6.45, 7) is 0. The van der Waals surface area contributed by atoms with Crippen molar-refractivity contribution in [1.82, 2.24) is 15.0 Å². The highest BCUT2D eigenvalue weighted by Crippen LogP contribution is 2.28. The van der Waals surface area contributed by atoms with Crippen molar-refractivity contribution < 1.29 is 13.2 Å². The average Bonchev–Trinajstić information content (AvgIpc) is 2.69. The van der Waals surface area contributed by atoms with Gasteiger partial charge in [-0.05, 0) is 48.5 Å². The van der Waals surface area contributed by atoms with E-state index in [1.54, 1.807) is 18.2 Å². The third kappa shape index (κ3) is 4.40. The van der Waals surface area contributed by atoms with Gasteiger partial charge in [0.25, 0.3) is 10.0 Å². The van der Waals surface area contributed by atoms with E-state index in [1.807, 2.05) is 0 Å². The number of pyridine rings is 1. The van der Waals surface area contributed by atoms with Crippen LogP contribution in [0.25, 0.3) is 10.9 Å². The molecule has 0 bridgehead atoms. The molecule has 10 heteroatoms. The van der Waals surface area contributed by atoms with Crippen LogP contribution in [0.4, 0.5) is 5.69 Å². The Labute approximate surface area is 176 Å². The van der Waals surface area contributed by atoms with Crippen LogP contribution in [0.1, 0.15) is 0 Å². The van der Waals surface area contributed by atoms with Crippen LogP contribution in [0.2, 0.25) is 10.0 Å². The van der Waals surface area contributed by atoms with E-state index in [1.165, 1.54) is 48.9 Å². The Bertz CT molecular complexity index is 1280. The molecule has 0 atom stereocenters. The minimum absolute atomic E-state index is 0.0911. The van der Waals surface area contributed by atoms with Gasteiger partial charge in [0.05, 0.1) is 27.7 Å². The largest absolute Gasteiger partial charge is 0.420 e. The van der Waals surface area contributed by atoms with E-state index >= 15 is 0 Å². The maximum absolute atomic E-state index is 12.4. The normalized spacial score (nSPS) is 11.4. The molecule has 0 saturated carbocycles. The SMILES string of the molecule is O=S(=O)(Nc1ccc(Oc2ncnc3cc(Cl)ccc23)nc1)c1ccc(Cl)cc1. The zero-order valence-corrected chi connectivity index (χ0v) is 16.9. The topological polar surface area (TPSA) is 94.1 Å². The summed E-state index contributed by atoms with van der Waals surface area (Å²) in [5.74, 6) is 0.558. The highest BCUT2D eigenvalue weighted by molar-refractivity contribution is 7.92. The fourth-order valence-corrected chi connectivity index (χ4v) is 3.85. The molecule has 0 aliphatic carbocycles. The van der Waals surface area contributed by atoms with Crippen molar-refractivity contribution in [3.05, 3.63) is 77.2 Å². The van der Waals surface area contributed by atoms with Gasteiger partial charge in [-0.3, -0.25) is 4.72 Å². The monoisotopic (exact) mass is 446 g/mol. The molecular weight excluding hydrogens is 435 g/mol. The van der Waals surface area contributed by atoms with E-state index in [2.05, 4.69) is 19.7 Å². The molecule has 4 rings (SSSR count). The van der Waals surface area contributed by atoms with Gasteiger partial charge in [-0.2, -0.15) is 0 Å². The second kappa shape index (κ2) is 7.82. The first kappa shape index (κ1) is 19.4. The molecule has 0 spiro atoms.